The van der Waals surface area contributed by atoms with Crippen molar-refractivity contribution in [3.63, 3.8) is 0 Å². The van der Waals surface area contributed by atoms with E-state index in [4.69, 9.17) is 4.98 Å². The highest BCUT2D eigenvalue weighted by Gasteiger charge is 2.65. The van der Waals surface area contributed by atoms with E-state index >= 15 is 0 Å². The quantitative estimate of drug-likeness (QED) is 0.529. The number of ketones is 1. The third kappa shape index (κ3) is 3.19. The molecule has 0 aliphatic heterocycles. The van der Waals surface area contributed by atoms with Crippen LogP contribution in [0, 0.1) is 17.0 Å². The van der Waals surface area contributed by atoms with Gasteiger partial charge in [0, 0.05) is 12.6 Å². The molecule has 3 atom stereocenters. The molecule has 0 spiro atoms. The monoisotopic (exact) mass is 464 g/mol. The van der Waals surface area contributed by atoms with Gasteiger partial charge in [0.15, 0.2) is 5.78 Å². The molecule has 6 nitrogen and oxygen atoms in total. The Bertz CT molecular complexity index is 1270. The minimum absolute atomic E-state index is 0.1000. The van der Waals surface area contributed by atoms with Crippen molar-refractivity contribution in [3.05, 3.63) is 70.9 Å². The molecule has 2 aromatic heterocycles. The first kappa shape index (κ1) is 22.7. The lowest BCUT2D eigenvalue weighted by atomic mass is 9.66. The number of aliphatic hydroxyl groups is 1. The first-order valence-corrected chi connectivity index (χ1v) is 11.5. The number of nitrogens with zero attached hydrogens (tertiary/aromatic N) is 4. The molecule has 1 saturated carbocycles. The van der Waals surface area contributed by atoms with Gasteiger partial charge in [-0.1, -0.05) is 19.9 Å². The van der Waals surface area contributed by atoms with Crippen molar-refractivity contribution in [3.8, 4) is 11.3 Å². The van der Waals surface area contributed by atoms with Crippen LogP contribution in [0.15, 0.2) is 36.7 Å². The number of fused-ring (bicyclic) bond motifs is 5. The van der Waals surface area contributed by atoms with Gasteiger partial charge in [0.05, 0.1) is 40.4 Å². The number of benzene rings is 1. The number of rotatable bonds is 6. The van der Waals surface area contributed by atoms with Crippen molar-refractivity contribution < 1.29 is 18.7 Å². The van der Waals surface area contributed by atoms with Crippen LogP contribution in [-0.4, -0.2) is 37.2 Å². The molecule has 2 bridgehead atoms. The number of halogens is 2. The second-order valence-corrected chi connectivity index (χ2v) is 9.95. The number of aromatic nitrogens is 4. The van der Waals surface area contributed by atoms with E-state index in [0.29, 0.717) is 12.1 Å². The lowest BCUT2D eigenvalue weighted by molar-refractivity contribution is 0.0943. The molecule has 2 aliphatic rings. The highest BCUT2D eigenvalue weighted by molar-refractivity contribution is 5.94. The van der Waals surface area contributed by atoms with Gasteiger partial charge in [0.2, 0.25) is 0 Å². The average Bonchev–Trinajstić information content (AvgIpc) is 3.18. The Hall–Kier alpha value is -3.13. The lowest BCUT2D eigenvalue weighted by Crippen LogP contribution is -2.38. The molecular weight excluding hydrogens is 438 g/mol. The van der Waals surface area contributed by atoms with Gasteiger partial charge in [0.1, 0.15) is 17.3 Å². The Morgan fingerprint density at radius 2 is 1.94 bits per heavy atom. The standard InChI is InChI=1S/C26H26F2N4O2/c1-14(33)7-8-21(34)20-12-29-13-22(30-20)26-10-9-16(25(26,2)3)15-11-19(31-32-24(15)26)23-17(27)5-4-6-18(23)28/h4-6,11-14,16,33H,7-10H2,1-3H3/t14-,16-,26-/m0/s1. The molecule has 1 aromatic carbocycles. The fourth-order valence-electron chi connectivity index (χ4n) is 5.93. The summed E-state index contributed by atoms with van der Waals surface area (Å²) in [5.41, 5.74) is 1.62. The molecule has 3 aromatic rings. The van der Waals surface area contributed by atoms with Gasteiger partial charge in [-0.3, -0.25) is 9.78 Å². The third-order valence-corrected chi connectivity index (χ3v) is 7.75. The predicted octanol–water partition coefficient (Wildman–Crippen LogP) is 4.76. The topological polar surface area (TPSA) is 88.9 Å². The highest BCUT2D eigenvalue weighted by atomic mass is 19.1. The third-order valence-electron chi connectivity index (χ3n) is 7.75. The summed E-state index contributed by atoms with van der Waals surface area (Å²) in [7, 11) is 0. The van der Waals surface area contributed by atoms with Crippen molar-refractivity contribution in [1.29, 1.82) is 0 Å². The summed E-state index contributed by atoms with van der Waals surface area (Å²) in [6, 6.07) is 5.49. The fourth-order valence-corrected chi connectivity index (χ4v) is 5.93. The number of carbonyl (C=O) groups is 1. The maximum absolute atomic E-state index is 14.4. The lowest BCUT2D eigenvalue weighted by Gasteiger charge is -2.37. The average molecular weight is 465 g/mol. The van der Waals surface area contributed by atoms with E-state index in [2.05, 4.69) is 29.0 Å². The first-order chi connectivity index (χ1) is 16.2. The minimum Gasteiger partial charge on any atom is -0.393 e. The highest BCUT2D eigenvalue weighted by Crippen LogP contribution is 2.69. The Labute approximate surface area is 196 Å². The largest absolute Gasteiger partial charge is 0.393 e. The maximum atomic E-state index is 14.4. The Morgan fingerprint density at radius 3 is 2.65 bits per heavy atom. The van der Waals surface area contributed by atoms with Crippen molar-refractivity contribution in [2.24, 2.45) is 5.41 Å². The first-order valence-electron chi connectivity index (χ1n) is 11.5. The van der Waals surface area contributed by atoms with Crippen molar-refractivity contribution in [1.82, 2.24) is 20.2 Å². The summed E-state index contributed by atoms with van der Waals surface area (Å²) in [6.45, 7) is 5.92. The molecule has 34 heavy (non-hydrogen) atoms. The van der Waals surface area contributed by atoms with Gasteiger partial charge in [-0.05, 0) is 61.3 Å². The van der Waals surface area contributed by atoms with Gasteiger partial charge in [-0.25, -0.2) is 13.8 Å². The molecule has 176 valence electrons. The van der Waals surface area contributed by atoms with Crippen LogP contribution in [-0.2, 0) is 5.41 Å². The molecule has 0 radical (unpaired) electrons. The van der Waals surface area contributed by atoms with Crippen molar-refractivity contribution >= 4 is 5.78 Å². The summed E-state index contributed by atoms with van der Waals surface area (Å²) in [6.07, 6.45) is 4.72. The number of Topliss-reactive ketones (excluding diaryl/α,β-unsaturated/α-hetero) is 1. The van der Waals surface area contributed by atoms with Crippen molar-refractivity contribution in [2.75, 3.05) is 0 Å². The van der Waals surface area contributed by atoms with E-state index in [1.54, 1.807) is 19.2 Å². The van der Waals surface area contributed by atoms with Gasteiger partial charge in [0.25, 0.3) is 0 Å². The molecule has 2 aliphatic carbocycles. The second-order valence-electron chi connectivity index (χ2n) is 9.95. The van der Waals surface area contributed by atoms with Gasteiger partial charge in [-0.15, -0.1) is 5.10 Å². The molecule has 2 heterocycles. The van der Waals surface area contributed by atoms with E-state index in [1.807, 2.05) is 0 Å². The van der Waals surface area contributed by atoms with Gasteiger partial charge >= 0.3 is 0 Å². The fraction of sp³-hybridized carbons (Fsp3) is 0.423. The van der Waals surface area contributed by atoms with Crippen LogP contribution in [0.5, 0.6) is 0 Å². The zero-order chi connectivity index (χ0) is 24.3. The Kier molecular flexibility index (Phi) is 5.31. The van der Waals surface area contributed by atoms with E-state index < -0.39 is 23.2 Å². The van der Waals surface area contributed by atoms with E-state index in [1.165, 1.54) is 24.4 Å². The molecule has 8 heteroatoms. The summed E-state index contributed by atoms with van der Waals surface area (Å²) < 4.78 is 28.9. The van der Waals surface area contributed by atoms with Gasteiger partial charge in [-0.2, -0.15) is 5.10 Å². The molecule has 0 amide bonds. The molecule has 0 saturated heterocycles. The SMILES string of the molecule is C[C@H](O)CCC(=O)c1cncc([C@@]23CC[C@@H](c4cc(-c5c(F)cccc5F)nnc42)C3(C)C)n1. The van der Waals surface area contributed by atoms with Crippen LogP contribution < -0.4 is 0 Å². The van der Waals surface area contributed by atoms with Crippen LogP contribution in [0.1, 0.15) is 79.8 Å². The number of hydrogen-bond acceptors (Lipinski definition) is 6. The summed E-state index contributed by atoms with van der Waals surface area (Å²) >= 11 is 0. The molecular formula is C26H26F2N4O2. The molecule has 1 N–H and O–H groups in total. The second kappa shape index (κ2) is 7.98. The summed E-state index contributed by atoms with van der Waals surface area (Å²) in [4.78, 5) is 21.7. The maximum Gasteiger partial charge on any atom is 0.182 e. The van der Waals surface area contributed by atoms with E-state index in [-0.39, 0.29) is 40.5 Å². The zero-order valence-corrected chi connectivity index (χ0v) is 19.3. The molecule has 5 rings (SSSR count). The van der Waals surface area contributed by atoms with Crippen LogP contribution in [0.2, 0.25) is 0 Å². The van der Waals surface area contributed by atoms with Crippen molar-refractivity contribution in [2.45, 2.75) is 63.9 Å². The van der Waals surface area contributed by atoms with Gasteiger partial charge < -0.3 is 5.11 Å². The van der Waals surface area contributed by atoms with Crippen LogP contribution in [0.25, 0.3) is 11.3 Å². The summed E-state index contributed by atoms with van der Waals surface area (Å²) in [5.74, 6) is -1.43. The Morgan fingerprint density at radius 1 is 1.21 bits per heavy atom. The zero-order valence-electron chi connectivity index (χ0n) is 19.3. The van der Waals surface area contributed by atoms with Crippen LogP contribution in [0.3, 0.4) is 0 Å². The predicted molar refractivity (Wildman–Crippen MR) is 121 cm³/mol. The summed E-state index contributed by atoms with van der Waals surface area (Å²) in [5, 5.41) is 18.3. The van der Waals surface area contributed by atoms with E-state index in [0.717, 1.165) is 24.1 Å². The molecule has 1 fully saturated rings. The number of hydrogen-bond donors (Lipinski definition) is 1. The van der Waals surface area contributed by atoms with Crippen LogP contribution >= 0.6 is 0 Å². The number of aliphatic hydroxyl groups excluding tert-OH is 1. The number of carbonyl (C=O) groups excluding carboxylic acids is 1. The van der Waals surface area contributed by atoms with Crippen LogP contribution in [0.4, 0.5) is 8.78 Å². The smallest absolute Gasteiger partial charge is 0.182 e. The van der Waals surface area contributed by atoms with E-state index in [9.17, 15) is 18.7 Å². The normalized spacial score (nSPS) is 23.1. The minimum atomic E-state index is -0.680. The molecule has 0 unspecified atom stereocenters. The Balaban J connectivity index is 1.61.